The molecule has 0 spiro atoms. The number of hydrogen-bond acceptors (Lipinski definition) is 5. The molecule has 4 aromatic rings. The monoisotopic (exact) mass is 422 g/mol. The first-order valence-electron chi connectivity index (χ1n) is 9.23. The van der Waals surface area contributed by atoms with E-state index in [9.17, 15) is 0 Å². The fourth-order valence-electron chi connectivity index (χ4n) is 2.72. The molecule has 0 aliphatic heterocycles. The van der Waals surface area contributed by atoms with E-state index in [1.54, 1.807) is 23.5 Å². The van der Waals surface area contributed by atoms with E-state index in [-0.39, 0.29) is 0 Å². The highest BCUT2D eigenvalue weighted by Crippen LogP contribution is 2.26. The van der Waals surface area contributed by atoms with Crippen molar-refractivity contribution in [1.82, 2.24) is 19.1 Å². The van der Waals surface area contributed by atoms with Crippen molar-refractivity contribution < 1.29 is 4.74 Å². The third-order valence-electron chi connectivity index (χ3n) is 4.37. The van der Waals surface area contributed by atoms with Gasteiger partial charge in [-0.25, -0.2) is 9.97 Å². The molecule has 148 valence electrons. The van der Waals surface area contributed by atoms with E-state index in [4.69, 9.17) is 4.74 Å². The number of imidazole rings is 2. The average Bonchev–Trinajstić information content (AvgIpc) is 3.34. The van der Waals surface area contributed by atoms with Crippen LogP contribution in [0.1, 0.15) is 11.1 Å². The van der Waals surface area contributed by atoms with Crippen molar-refractivity contribution in [1.29, 1.82) is 0 Å². The zero-order chi connectivity index (χ0) is 20.1. The fraction of sp³-hybridized carbons (Fsp3) is 0.182. The maximum atomic E-state index is 5.98. The van der Waals surface area contributed by atoms with Crippen molar-refractivity contribution in [2.24, 2.45) is 14.1 Å². The van der Waals surface area contributed by atoms with Gasteiger partial charge in [0.15, 0.2) is 10.3 Å². The summed E-state index contributed by atoms with van der Waals surface area (Å²) >= 11 is 3.45. The molecule has 0 fully saturated rings. The van der Waals surface area contributed by atoms with Crippen molar-refractivity contribution in [3.63, 3.8) is 0 Å². The zero-order valence-electron chi connectivity index (χ0n) is 16.4. The molecule has 0 N–H and O–H groups in total. The van der Waals surface area contributed by atoms with Crippen LogP contribution in [0.25, 0.3) is 0 Å². The Labute approximate surface area is 179 Å². The first-order chi connectivity index (χ1) is 14.2. The van der Waals surface area contributed by atoms with Crippen LogP contribution < -0.4 is 4.74 Å². The molecule has 0 amide bonds. The fourth-order valence-corrected chi connectivity index (χ4v) is 4.50. The second kappa shape index (κ2) is 9.24. The molecule has 0 atom stereocenters. The molecular weight excluding hydrogens is 400 g/mol. The number of hydrogen-bond donors (Lipinski definition) is 0. The normalized spacial score (nSPS) is 11.0. The predicted octanol–water partition coefficient (Wildman–Crippen LogP) is 5.53. The number of benzene rings is 2. The van der Waals surface area contributed by atoms with E-state index in [1.165, 1.54) is 11.1 Å². The molecule has 4 rings (SSSR count). The summed E-state index contributed by atoms with van der Waals surface area (Å²) in [6, 6.07) is 16.5. The molecule has 0 bridgehead atoms. The Bertz CT molecular complexity index is 969. The van der Waals surface area contributed by atoms with Crippen molar-refractivity contribution in [3.8, 4) is 11.5 Å². The molecule has 29 heavy (non-hydrogen) atoms. The third kappa shape index (κ3) is 5.25. The Morgan fingerprint density at radius 2 is 1.10 bits per heavy atom. The number of ether oxygens (including phenoxy) is 1. The van der Waals surface area contributed by atoms with E-state index >= 15 is 0 Å². The summed E-state index contributed by atoms with van der Waals surface area (Å²) in [4.78, 5) is 8.68. The molecule has 5 nitrogen and oxygen atoms in total. The maximum Gasteiger partial charge on any atom is 0.167 e. The van der Waals surface area contributed by atoms with E-state index in [0.29, 0.717) is 0 Å². The van der Waals surface area contributed by atoms with Gasteiger partial charge < -0.3 is 13.9 Å². The van der Waals surface area contributed by atoms with Gasteiger partial charge in [-0.1, -0.05) is 47.8 Å². The van der Waals surface area contributed by atoms with Gasteiger partial charge in [-0.05, 0) is 35.4 Å². The Morgan fingerprint density at radius 3 is 1.45 bits per heavy atom. The smallest absolute Gasteiger partial charge is 0.167 e. The number of nitrogens with zero attached hydrogens (tertiary/aromatic N) is 4. The van der Waals surface area contributed by atoms with Crippen LogP contribution in [0, 0.1) is 0 Å². The lowest BCUT2D eigenvalue weighted by molar-refractivity contribution is 0.482. The molecule has 2 heterocycles. The molecule has 0 saturated heterocycles. The molecule has 0 radical (unpaired) electrons. The maximum absolute atomic E-state index is 5.98. The van der Waals surface area contributed by atoms with Crippen molar-refractivity contribution >= 4 is 23.5 Å². The lowest BCUT2D eigenvalue weighted by Crippen LogP contribution is -1.91. The van der Waals surface area contributed by atoms with Crippen LogP contribution in [-0.4, -0.2) is 19.1 Å². The summed E-state index contributed by atoms with van der Waals surface area (Å²) in [6.07, 6.45) is 7.56. The number of rotatable bonds is 8. The highest BCUT2D eigenvalue weighted by atomic mass is 32.2. The van der Waals surface area contributed by atoms with Crippen LogP contribution in [-0.2, 0) is 25.6 Å². The van der Waals surface area contributed by atoms with Gasteiger partial charge in [-0.3, -0.25) is 0 Å². The Morgan fingerprint density at radius 1 is 0.690 bits per heavy atom. The van der Waals surface area contributed by atoms with Crippen LogP contribution in [0.2, 0.25) is 0 Å². The van der Waals surface area contributed by atoms with Gasteiger partial charge >= 0.3 is 0 Å². The second-order valence-electron chi connectivity index (χ2n) is 6.61. The molecule has 0 unspecified atom stereocenters. The zero-order valence-corrected chi connectivity index (χ0v) is 18.0. The van der Waals surface area contributed by atoms with Gasteiger partial charge in [0.2, 0.25) is 0 Å². The van der Waals surface area contributed by atoms with Crippen LogP contribution in [0.5, 0.6) is 11.5 Å². The van der Waals surface area contributed by atoms with Crippen LogP contribution in [0.4, 0.5) is 0 Å². The van der Waals surface area contributed by atoms with E-state index in [1.807, 2.05) is 72.3 Å². The van der Waals surface area contributed by atoms with Crippen LogP contribution in [0.3, 0.4) is 0 Å². The first kappa shape index (κ1) is 19.7. The van der Waals surface area contributed by atoms with Crippen LogP contribution in [0.15, 0.2) is 83.6 Å². The van der Waals surface area contributed by atoms with Crippen molar-refractivity contribution in [3.05, 3.63) is 84.4 Å². The molecule has 0 saturated carbocycles. The molecule has 0 aliphatic carbocycles. The second-order valence-corrected chi connectivity index (χ2v) is 8.49. The Hall–Kier alpha value is -2.64. The Kier molecular flexibility index (Phi) is 6.27. The topological polar surface area (TPSA) is 44.9 Å². The summed E-state index contributed by atoms with van der Waals surface area (Å²) in [5, 5.41) is 2.04. The highest BCUT2D eigenvalue weighted by Gasteiger charge is 2.04. The SMILES string of the molecule is Cn1ccnc1SCc1ccc(Oc2ccc(CSc3nccn3C)cc2)cc1. The number of aromatic nitrogens is 4. The summed E-state index contributed by atoms with van der Waals surface area (Å²) in [5.41, 5.74) is 2.49. The average molecular weight is 423 g/mol. The van der Waals surface area contributed by atoms with Crippen LogP contribution >= 0.6 is 23.5 Å². The van der Waals surface area contributed by atoms with E-state index < -0.39 is 0 Å². The summed E-state index contributed by atoms with van der Waals surface area (Å²) < 4.78 is 10.0. The Balaban J connectivity index is 1.29. The van der Waals surface area contributed by atoms with Crippen molar-refractivity contribution in [2.45, 2.75) is 21.8 Å². The molecule has 7 heteroatoms. The standard InChI is InChI=1S/C22H22N4OS2/c1-25-13-11-23-21(25)28-15-17-3-7-19(8-4-17)27-20-9-5-18(6-10-20)16-29-22-24-12-14-26(22)2/h3-14H,15-16H2,1-2H3. The third-order valence-corrected chi connectivity index (χ3v) is 6.63. The lowest BCUT2D eigenvalue weighted by Gasteiger charge is -2.08. The summed E-state index contributed by atoms with van der Waals surface area (Å²) in [7, 11) is 4.02. The molecular formula is C22H22N4OS2. The minimum atomic E-state index is 0.839. The molecule has 0 aliphatic rings. The van der Waals surface area contributed by atoms with Gasteiger partial charge in [0, 0.05) is 50.4 Å². The molecule has 2 aromatic carbocycles. The summed E-state index contributed by atoms with van der Waals surface area (Å²) in [5.74, 6) is 3.44. The van der Waals surface area contributed by atoms with Gasteiger partial charge in [0.25, 0.3) is 0 Å². The largest absolute Gasteiger partial charge is 0.457 e. The number of thioether (sulfide) groups is 2. The first-order valence-corrected chi connectivity index (χ1v) is 11.2. The lowest BCUT2D eigenvalue weighted by atomic mass is 10.2. The minimum Gasteiger partial charge on any atom is -0.457 e. The van der Waals surface area contributed by atoms with Crippen molar-refractivity contribution in [2.75, 3.05) is 0 Å². The predicted molar refractivity (Wildman–Crippen MR) is 118 cm³/mol. The number of aryl methyl sites for hydroxylation is 2. The van der Waals surface area contributed by atoms with Gasteiger partial charge in [0.1, 0.15) is 11.5 Å². The quantitative estimate of drug-likeness (QED) is 0.349. The molecule has 2 aromatic heterocycles. The van der Waals surface area contributed by atoms with E-state index in [0.717, 1.165) is 33.3 Å². The van der Waals surface area contributed by atoms with E-state index in [2.05, 4.69) is 34.2 Å². The van der Waals surface area contributed by atoms with Gasteiger partial charge in [-0.15, -0.1) is 0 Å². The summed E-state index contributed by atoms with van der Waals surface area (Å²) in [6.45, 7) is 0. The highest BCUT2D eigenvalue weighted by molar-refractivity contribution is 7.98. The van der Waals surface area contributed by atoms with Gasteiger partial charge in [-0.2, -0.15) is 0 Å². The minimum absolute atomic E-state index is 0.839. The van der Waals surface area contributed by atoms with Gasteiger partial charge in [0.05, 0.1) is 0 Å².